The van der Waals surface area contributed by atoms with Crippen molar-refractivity contribution in [1.29, 1.82) is 0 Å². The van der Waals surface area contributed by atoms with E-state index in [0.29, 0.717) is 6.04 Å². The molecule has 0 unspecified atom stereocenters. The molecule has 0 radical (unpaired) electrons. The lowest BCUT2D eigenvalue weighted by atomic mass is 9.82. The van der Waals surface area contributed by atoms with E-state index >= 15 is 0 Å². The number of carbonyl (C=O) groups excluding carboxylic acids is 1. The fraction of sp³-hybridized carbons (Fsp3) is 0.533. The molecule has 0 saturated heterocycles. The highest BCUT2D eigenvalue weighted by atomic mass is 16.1. The van der Waals surface area contributed by atoms with Gasteiger partial charge in [-0.15, -0.1) is 0 Å². The summed E-state index contributed by atoms with van der Waals surface area (Å²) in [6.07, 6.45) is 2.21. The van der Waals surface area contributed by atoms with Gasteiger partial charge in [-0.1, -0.05) is 13.0 Å². The Morgan fingerprint density at radius 1 is 1.39 bits per heavy atom. The molecule has 1 aliphatic carbocycles. The Bertz CT molecular complexity index is 436. The van der Waals surface area contributed by atoms with Crippen LogP contribution in [-0.4, -0.2) is 18.5 Å². The maximum Gasteiger partial charge on any atom is 0.253 e. The normalized spacial score (nSPS) is 22.2. The van der Waals surface area contributed by atoms with Crippen molar-refractivity contribution in [3.8, 4) is 0 Å². The van der Waals surface area contributed by atoms with Crippen molar-refractivity contribution in [3.05, 3.63) is 29.3 Å². The molecule has 1 amide bonds. The minimum absolute atomic E-state index is 0.0443. The quantitative estimate of drug-likeness (QED) is 0.857. The molecule has 1 saturated carbocycles. The zero-order valence-corrected chi connectivity index (χ0v) is 11.4. The molecule has 0 aliphatic heterocycles. The van der Waals surface area contributed by atoms with E-state index < -0.39 is 0 Å². The van der Waals surface area contributed by atoms with E-state index in [-0.39, 0.29) is 5.91 Å². The fourth-order valence-electron chi connectivity index (χ4n) is 2.48. The molecule has 3 heteroatoms. The van der Waals surface area contributed by atoms with Crippen LogP contribution in [0.2, 0.25) is 0 Å². The summed E-state index contributed by atoms with van der Waals surface area (Å²) in [6, 6.07) is 6.29. The monoisotopic (exact) mass is 246 g/mol. The van der Waals surface area contributed by atoms with Gasteiger partial charge < -0.3 is 10.6 Å². The first kappa shape index (κ1) is 12.9. The Kier molecular flexibility index (Phi) is 3.90. The lowest BCUT2D eigenvalue weighted by Gasteiger charge is -2.33. The van der Waals surface area contributed by atoms with E-state index in [9.17, 15) is 4.79 Å². The minimum atomic E-state index is 0.0443. The van der Waals surface area contributed by atoms with Gasteiger partial charge >= 0.3 is 0 Å². The van der Waals surface area contributed by atoms with E-state index in [0.717, 1.165) is 36.6 Å². The van der Waals surface area contributed by atoms with E-state index in [2.05, 4.69) is 17.6 Å². The number of amides is 1. The standard InChI is InChI=1S/C15H22N2O/c1-4-16-14-9-10(2)5-6-13(14)15(18)17-12-7-11(3)8-12/h5-6,9,11-12,16H,4,7-8H2,1-3H3,(H,17,18). The van der Waals surface area contributed by atoms with Gasteiger partial charge in [0.1, 0.15) is 0 Å². The molecule has 0 atom stereocenters. The first-order valence-corrected chi connectivity index (χ1v) is 6.75. The van der Waals surface area contributed by atoms with Crippen LogP contribution in [0.5, 0.6) is 0 Å². The van der Waals surface area contributed by atoms with Crippen LogP contribution in [0.15, 0.2) is 18.2 Å². The van der Waals surface area contributed by atoms with Gasteiger partial charge in [0.15, 0.2) is 0 Å². The SMILES string of the molecule is CCNc1cc(C)ccc1C(=O)NC1CC(C)C1. The van der Waals surface area contributed by atoms with Crippen LogP contribution in [0.3, 0.4) is 0 Å². The van der Waals surface area contributed by atoms with Gasteiger partial charge in [-0.3, -0.25) is 4.79 Å². The van der Waals surface area contributed by atoms with Gasteiger partial charge in [-0.25, -0.2) is 0 Å². The average molecular weight is 246 g/mol. The summed E-state index contributed by atoms with van der Waals surface area (Å²) in [6.45, 7) is 7.12. The second-order valence-electron chi connectivity index (χ2n) is 5.33. The van der Waals surface area contributed by atoms with Crippen LogP contribution in [0, 0.1) is 12.8 Å². The van der Waals surface area contributed by atoms with Crippen molar-refractivity contribution >= 4 is 11.6 Å². The fourth-order valence-corrected chi connectivity index (χ4v) is 2.48. The first-order chi connectivity index (χ1) is 8.60. The summed E-state index contributed by atoms with van der Waals surface area (Å²) in [4.78, 5) is 12.2. The molecular weight excluding hydrogens is 224 g/mol. The highest BCUT2D eigenvalue weighted by Crippen LogP contribution is 2.27. The number of benzene rings is 1. The second kappa shape index (κ2) is 5.42. The molecule has 3 nitrogen and oxygen atoms in total. The Balaban J connectivity index is 2.08. The summed E-state index contributed by atoms with van der Waals surface area (Å²) in [7, 11) is 0. The highest BCUT2D eigenvalue weighted by molar-refractivity contribution is 6.00. The van der Waals surface area contributed by atoms with E-state index in [1.54, 1.807) is 0 Å². The lowest BCUT2D eigenvalue weighted by Crippen LogP contribution is -2.43. The maximum atomic E-state index is 12.2. The molecule has 2 rings (SSSR count). The smallest absolute Gasteiger partial charge is 0.253 e. The van der Waals surface area contributed by atoms with Crippen LogP contribution in [0.1, 0.15) is 42.6 Å². The van der Waals surface area contributed by atoms with Gasteiger partial charge in [0, 0.05) is 18.3 Å². The average Bonchev–Trinajstić information content (AvgIpc) is 2.27. The molecule has 0 aromatic heterocycles. The molecule has 0 heterocycles. The van der Waals surface area contributed by atoms with Crippen LogP contribution >= 0.6 is 0 Å². The summed E-state index contributed by atoms with van der Waals surface area (Å²) in [5.41, 5.74) is 2.85. The Labute approximate surface area is 109 Å². The number of hydrogen-bond acceptors (Lipinski definition) is 2. The molecule has 0 bridgehead atoms. The van der Waals surface area contributed by atoms with Crippen LogP contribution < -0.4 is 10.6 Å². The lowest BCUT2D eigenvalue weighted by molar-refractivity contribution is 0.0897. The van der Waals surface area contributed by atoms with Crippen LogP contribution in [-0.2, 0) is 0 Å². The van der Waals surface area contributed by atoms with Crippen molar-refractivity contribution in [2.45, 2.75) is 39.7 Å². The Hall–Kier alpha value is -1.51. The molecule has 1 aliphatic rings. The Morgan fingerprint density at radius 3 is 2.72 bits per heavy atom. The minimum Gasteiger partial charge on any atom is -0.385 e. The topological polar surface area (TPSA) is 41.1 Å². The zero-order chi connectivity index (χ0) is 13.1. The predicted octanol–water partition coefficient (Wildman–Crippen LogP) is 2.96. The molecule has 2 N–H and O–H groups in total. The molecule has 18 heavy (non-hydrogen) atoms. The van der Waals surface area contributed by atoms with E-state index in [1.165, 1.54) is 5.56 Å². The van der Waals surface area contributed by atoms with Gasteiger partial charge in [0.25, 0.3) is 5.91 Å². The number of rotatable bonds is 4. The second-order valence-corrected chi connectivity index (χ2v) is 5.33. The van der Waals surface area contributed by atoms with Crippen molar-refractivity contribution in [3.63, 3.8) is 0 Å². The van der Waals surface area contributed by atoms with Crippen LogP contribution in [0.4, 0.5) is 5.69 Å². The molecule has 98 valence electrons. The van der Waals surface area contributed by atoms with Crippen LogP contribution in [0.25, 0.3) is 0 Å². The number of aryl methyl sites for hydroxylation is 1. The van der Waals surface area contributed by atoms with Crippen molar-refractivity contribution < 1.29 is 4.79 Å². The van der Waals surface area contributed by atoms with E-state index in [4.69, 9.17) is 0 Å². The van der Waals surface area contributed by atoms with Crippen molar-refractivity contribution in [1.82, 2.24) is 5.32 Å². The molecule has 0 spiro atoms. The number of carbonyl (C=O) groups is 1. The summed E-state index contributed by atoms with van der Waals surface area (Å²) < 4.78 is 0. The zero-order valence-electron chi connectivity index (χ0n) is 11.4. The van der Waals surface area contributed by atoms with Gasteiger partial charge in [0.05, 0.1) is 5.56 Å². The summed E-state index contributed by atoms with van der Waals surface area (Å²) in [5.74, 6) is 0.796. The maximum absolute atomic E-state index is 12.2. The number of hydrogen-bond donors (Lipinski definition) is 2. The largest absolute Gasteiger partial charge is 0.385 e. The highest BCUT2D eigenvalue weighted by Gasteiger charge is 2.27. The molecule has 1 aromatic rings. The first-order valence-electron chi connectivity index (χ1n) is 6.75. The van der Waals surface area contributed by atoms with Crippen molar-refractivity contribution in [2.24, 2.45) is 5.92 Å². The summed E-state index contributed by atoms with van der Waals surface area (Å²) >= 11 is 0. The van der Waals surface area contributed by atoms with Gasteiger partial charge in [-0.2, -0.15) is 0 Å². The molecule has 1 aromatic carbocycles. The van der Waals surface area contributed by atoms with Gasteiger partial charge in [0.2, 0.25) is 0 Å². The third-order valence-electron chi connectivity index (χ3n) is 3.50. The number of nitrogens with one attached hydrogen (secondary N) is 2. The molecule has 1 fully saturated rings. The predicted molar refractivity (Wildman–Crippen MR) is 75.0 cm³/mol. The third-order valence-corrected chi connectivity index (χ3v) is 3.50. The van der Waals surface area contributed by atoms with E-state index in [1.807, 2.05) is 32.0 Å². The number of anilines is 1. The molecular formula is C15H22N2O. The van der Waals surface area contributed by atoms with Crippen molar-refractivity contribution in [2.75, 3.05) is 11.9 Å². The Morgan fingerprint density at radius 2 is 2.11 bits per heavy atom. The van der Waals surface area contributed by atoms with Gasteiger partial charge in [-0.05, 0) is 50.3 Å². The summed E-state index contributed by atoms with van der Waals surface area (Å²) in [5, 5.41) is 6.36. The third kappa shape index (κ3) is 2.84.